The van der Waals surface area contributed by atoms with Crippen LogP contribution in [-0.2, 0) is 4.79 Å². The van der Waals surface area contributed by atoms with Crippen LogP contribution in [0, 0.1) is 5.41 Å². The molecule has 1 aromatic rings. The molecule has 112 valence electrons. The minimum absolute atomic E-state index is 0.0859. The molecule has 2 rings (SSSR count). The third-order valence-corrected chi connectivity index (χ3v) is 4.73. The van der Waals surface area contributed by atoms with Crippen LogP contribution in [0.3, 0.4) is 0 Å². The van der Waals surface area contributed by atoms with E-state index in [4.69, 9.17) is 23.2 Å². The second kappa shape index (κ2) is 5.62. The van der Waals surface area contributed by atoms with Gasteiger partial charge in [-0.15, -0.1) is 0 Å². The number of Topliss-reactive ketones (excluding diaryl/α,β-unsaturated/α-hetero) is 1. The van der Waals surface area contributed by atoms with Crippen molar-refractivity contribution < 1.29 is 9.90 Å². The van der Waals surface area contributed by atoms with Crippen LogP contribution >= 0.6 is 23.2 Å². The molecule has 1 N–H and O–H groups in total. The zero-order chi connectivity index (χ0) is 15.0. The first kappa shape index (κ1) is 15.7. The molecular weight excluding hydrogens is 301 g/mol. The Balaban J connectivity index is 2.30. The molecule has 1 fully saturated rings. The summed E-state index contributed by atoms with van der Waals surface area (Å²) in [6.07, 6.45) is 4.24. The highest BCUT2D eigenvalue weighted by molar-refractivity contribution is 6.49. The maximum absolute atomic E-state index is 12.7. The Morgan fingerprint density at radius 2 is 2.20 bits per heavy atom. The number of nitrogens with zero attached hydrogens (tertiary/aromatic N) is 3. The van der Waals surface area contributed by atoms with Gasteiger partial charge in [-0.25, -0.2) is 9.67 Å². The van der Waals surface area contributed by atoms with Crippen molar-refractivity contribution in [3.63, 3.8) is 0 Å². The van der Waals surface area contributed by atoms with E-state index in [-0.39, 0.29) is 5.78 Å². The number of aliphatic hydroxyl groups excluding tert-OH is 1. The number of carbonyl (C=O) groups is 1. The molecule has 0 aromatic carbocycles. The van der Waals surface area contributed by atoms with Crippen LogP contribution < -0.4 is 0 Å². The van der Waals surface area contributed by atoms with Gasteiger partial charge >= 0.3 is 0 Å². The summed E-state index contributed by atoms with van der Waals surface area (Å²) >= 11 is 12.4. The molecule has 0 aliphatic heterocycles. The third-order valence-electron chi connectivity index (χ3n) is 3.90. The predicted molar refractivity (Wildman–Crippen MR) is 76.8 cm³/mol. The van der Waals surface area contributed by atoms with Crippen molar-refractivity contribution in [1.29, 1.82) is 0 Å². The van der Waals surface area contributed by atoms with Crippen LogP contribution in [-0.4, -0.2) is 36.1 Å². The molecule has 1 heterocycles. The molecular formula is C13H19Cl2N3O2. The van der Waals surface area contributed by atoms with E-state index < -0.39 is 21.9 Å². The molecule has 7 heteroatoms. The molecule has 0 spiro atoms. The number of rotatable bonds is 7. The van der Waals surface area contributed by atoms with E-state index in [0.717, 1.165) is 12.8 Å². The minimum Gasteiger partial charge on any atom is -0.387 e. The predicted octanol–water partition coefficient (Wildman–Crippen LogP) is 2.52. The van der Waals surface area contributed by atoms with Gasteiger partial charge in [0, 0.05) is 5.41 Å². The van der Waals surface area contributed by atoms with Crippen LogP contribution in [0.4, 0.5) is 0 Å². The summed E-state index contributed by atoms with van der Waals surface area (Å²) in [5.41, 5.74) is -0.409. The summed E-state index contributed by atoms with van der Waals surface area (Å²) in [5.74, 6) is -0.0859. The number of halogens is 2. The topological polar surface area (TPSA) is 68.0 Å². The second-order valence-electron chi connectivity index (χ2n) is 5.70. The third kappa shape index (κ3) is 3.00. The molecule has 20 heavy (non-hydrogen) atoms. The highest BCUT2D eigenvalue weighted by Gasteiger charge is 2.53. The Bertz CT molecular complexity index is 472. The summed E-state index contributed by atoms with van der Waals surface area (Å²) in [6, 6.07) is -0.897. The number of hydrogen-bond acceptors (Lipinski definition) is 4. The maximum Gasteiger partial charge on any atom is 0.166 e. The van der Waals surface area contributed by atoms with Gasteiger partial charge in [0.05, 0.1) is 0 Å². The standard InChI is InChI=1S/C13H19Cl2N3O2/c1-3-4-13(14,15)11(20)9(18-8-16-7-17-18)10(19)12(2)5-6-12/h7-9,11,20H,3-6H2,1-2H3. The van der Waals surface area contributed by atoms with Gasteiger partial charge < -0.3 is 5.11 Å². The average molecular weight is 320 g/mol. The highest BCUT2D eigenvalue weighted by atomic mass is 35.5. The smallest absolute Gasteiger partial charge is 0.166 e. The zero-order valence-electron chi connectivity index (χ0n) is 11.6. The Labute approximate surface area is 128 Å². The summed E-state index contributed by atoms with van der Waals surface area (Å²) in [5, 5.41) is 14.5. The van der Waals surface area contributed by atoms with Gasteiger partial charge in [0.15, 0.2) is 5.78 Å². The van der Waals surface area contributed by atoms with Crippen molar-refractivity contribution in [1.82, 2.24) is 14.8 Å². The molecule has 1 aromatic heterocycles. The molecule has 0 radical (unpaired) electrons. The number of aromatic nitrogens is 3. The molecule has 5 nitrogen and oxygen atoms in total. The first-order chi connectivity index (χ1) is 9.32. The lowest BCUT2D eigenvalue weighted by Crippen LogP contribution is -2.44. The first-order valence-electron chi connectivity index (χ1n) is 6.76. The lowest BCUT2D eigenvalue weighted by atomic mass is 9.91. The number of aliphatic hydroxyl groups is 1. The van der Waals surface area contributed by atoms with Crippen LogP contribution in [0.2, 0.25) is 0 Å². The van der Waals surface area contributed by atoms with Crippen molar-refractivity contribution in [2.75, 3.05) is 0 Å². The number of carbonyl (C=O) groups excluding carboxylic acids is 1. The summed E-state index contributed by atoms with van der Waals surface area (Å²) in [6.45, 7) is 3.80. The van der Waals surface area contributed by atoms with E-state index >= 15 is 0 Å². The molecule has 1 aliphatic rings. The number of alkyl halides is 2. The Morgan fingerprint density at radius 3 is 2.65 bits per heavy atom. The monoisotopic (exact) mass is 319 g/mol. The van der Waals surface area contributed by atoms with Gasteiger partial charge in [0.25, 0.3) is 0 Å². The van der Waals surface area contributed by atoms with Gasteiger partial charge in [0.2, 0.25) is 0 Å². The maximum atomic E-state index is 12.7. The largest absolute Gasteiger partial charge is 0.387 e. The van der Waals surface area contributed by atoms with Crippen LogP contribution in [0.1, 0.15) is 45.6 Å². The summed E-state index contributed by atoms with van der Waals surface area (Å²) < 4.78 is -0.0297. The highest BCUT2D eigenvalue weighted by Crippen LogP contribution is 2.50. The van der Waals surface area contributed by atoms with Gasteiger partial charge in [-0.1, -0.05) is 43.5 Å². The van der Waals surface area contributed by atoms with Crippen LogP contribution in [0.15, 0.2) is 12.7 Å². The second-order valence-corrected chi connectivity index (χ2v) is 7.24. The van der Waals surface area contributed by atoms with Crippen LogP contribution in [0.25, 0.3) is 0 Å². The molecule has 2 atom stereocenters. The molecule has 0 bridgehead atoms. The van der Waals surface area contributed by atoms with E-state index in [9.17, 15) is 9.90 Å². The van der Waals surface area contributed by atoms with Crippen molar-refractivity contribution in [3.8, 4) is 0 Å². The zero-order valence-corrected chi connectivity index (χ0v) is 13.1. The summed E-state index contributed by atoms with van der Waals surface area (Å²) in [4.78, 5) is 16.5. The minimum atomic E-state index is -1.38. The van der Waals surface area contributed by atoms with Gasteiger partial charge in [-0.3, -0.25) is 4.79 Å². The SMILES string of the molecule is CCCC(Cl)(Cl)C(O)C(C(=O)C1(C)CC1)n1cncn1. The van der Waals surface area contributed by atoms with E-state index in [1.54, 1.807) is 0 Å². The van der Waals surface area contributed by atoms with Crippen LogP contribution in [0.5, 0.6) is 0 Å². The van der Waals surface area contributed by atoms with Crippen molar-refractivity contribution in [2.24, 2.45) is 5.41 Å². The lowest BCUT2D eigenvalue weighted by molar-refractivity contribution is -0.131. The average Bonchev–Trinajstić information content (AvgIpc) is 2.91. The molecule has 1 aliphatic carbocycles. The molecule has 0 amide bonds. The van der Waals surface area contributed by atoms with Gasteiger partial charge in [-0.05, 0) is 19.3 Å². The Kier molecular flexibility index (Phi) is 4.42. The molecule has 1 saturated carbocycles. The van der Waals surface area contributed by atoms with Crippen molar-refractivity contribution in [3.05, 3.63) is 12.7 Å². The van der Waals surface area contributed by atoms with E-state index in [1.165, 1.54) is 17.3 Å². The number of ketones is 1. The Morgan fingerprint density at radius 1 is 1.55 bits per heavy atom. The van der Waals surface area contributed by atoms with E-state index in [1.807, 2.05) is 13.8 Å². The first-order valence-corrected chi connectivity index (χ1v) is 7.52. The Hall–Kier alpha value is -0.650. The van der Waals surface area contributed by atoms with E-state index in [0.29, 0.717) is 12.8 Å². The fourth-order valence-electron chi connectivity index (χ4n) is 2.27. The lowest BCUT2D eigenvalue weighted by Gasteiger charge is -2.32. The van der Waals surface area contributed by atoms with Gasteiger partial charge in [0.1, 0.15) is 29.1 Å². The quantitative estimate of drug-likeness (QED) is 0.784. The fraction of sp³-hybridized carbons (Fsp3) is 0.769. The van der Waals surface area contributed by atoms with E-state index in [2.05, 4.69) is 10.1 Å². The summed E-state index contributed by atoms with van der Waals surface area (Å²) in [7, 11) is 0. The molecule has 0 saturated heterocycles. The van der Waals surface area contributed by atoms with Gasteiger partial charge in [-0.2, -0.15) is 5.10 Å². The fourth-order valence-corrected chi connectivity index (χ4v) is 2.89. The normalized spacial score (nSPS) is 20.4. The molecule has 2 unspecified atom stereocenters. The van der Waals surface area contributed by atoms with Crippen molar-refractivity contribution in [2.45, 2.75) is 56.0 Å². The van der Waals surface area contributed by atoms with Crippen molar-refractivity contribution >= 4 is 29.0 Å². The number of hydrogen-bond donors (Lipinski definition) is 1.